The van der Waals surface area contributed by atoms with Crippen LogP contribution in [0.25, 0.3) is 0 Å². The maximum absolute atomic E-state index is 6.36. The van der Waals surface area contributed by atoms with Crippen LogP contribution in [0.15, 0.2) is 0 Å². The first-order valence-corrected chi connectivity index (χ1v) is 18.3. The molecule has 0 radical (unpaired) electrons. The van der Waals surface area contributed by atoms with Gasteiger partial charge in [-0.15, -0.1) is 0 Å². The zero-order valence-electron chi connectivity index (χ0n) is 24.4. The summed E-state index contributed by atoms with van der Waals surface area (Å²) < 4.78 is 12.7. The number of hydrogen-bond acceptors (Lipinski definition) is 2. The predicted molar refractivity (Wildman–Crippen MR) is 156 cm³/mol. The summed E-state index contributed by atoms with van der Waals surface area (Å²) in [6.07, 6.45) is 32.5. The van der Waals surface area contributed by atoms with Crippen molar-refractivity contribution in [3.63, 3.8) is 0 Å². The first kappa shape index (κ1) is 34.1. The van der Waals surface area contributed by atoms with Gasteiger partial charge < -0.3 is 8.85 Å². The summed E-state index contributed by atoms with van der Waals surface area (Å²) in [5.41, 5.74) is 0. The van der Waals surface area contributed by atoms with Gasteiger partial charge >= 0.3 is 8.56 Å². The van der Waals surface area contributed by atoms with Crippen molar-refractivity contribution < 1.29 is 8.85 Å². The molecule has 0 spiro atoms. The third-order valence-corrected chi connectivity index (χ3v) is 11.2. The van der Waals surface area contributed by atoms with Crippen molar-refractivity contribution in [2.45, 2.75) is 187 Å². The molecule has 34 heavy (non-hydrogen) atoms. The van der Waals surface area contributed by atoms with E-state index < -0.39 is 8.56 Å². The van der Waals surface area contributed by atoms with Crippen molar-refractivity contribution in [2.24, 2.45) is 0 Å². The quantitative estimate of drug-likeness (QED) is 0.0753. The second-order valence-corrected chi connectivity index (χ2v) is 14.1. The van der Waals surface area contributed by atoms with E-state index in [0.29, 0.717) is 0 Å². The van der Waals surface area contributed by atoms with E-state index in [4.69, 9.17) is 8.85 Å². The fourth-order valence-electron chi connectivity index (χ4n) is 5.28. The summed E-state index contributed by atoms with van der Waals surface area (Å²) >= 11 is 0. The minimum Gasteiger partial charge on any atom is -0.394 e. The van der Waals surface area contributed by atoms with E-state index in [-0.39, 0.29) is 0 Å². The topological polar surface area (TPSA) is 18.5 Å². The molecular weight excluding hydrogens is 432 g/mol. The maximum Gasteiger partial charge on any atom is 0.338 e. The van der Waals surface area contributed by atoms with Crippen LogP contribution >= 0.6 is 0 Å². The summed E-state index contributed by atoms with van der Waals surface area (Å²) in [6.45, 7) is 10.5. The van der Waals surface area contributed by atoms with Crippen LogP contribution in [0.1, 0.15) is 175 Å². The van der Waals surface area contributed by atoms with Crippen LogP contribution in [-0.2, 0) is 8.85 Å². The Bertz CT molecular complexity index is 368. The van der Waals surface area contributed by atoms with Gasteiger partial charge in [0.2, 0.25) is 0 Å². The van der Waals surface area contributed by atoms with Gasteiger partial charge in [-0.3, -0.25) is 0 Å². The number of rotatable bonds is 29. The largest absolute Gasteiger partial charge is 0.394 e. The average molecular weight is 499 g/mol. The second kappa shape index (κ2) is 27.7. The molecule has 0 heterocycles. The molecule has 0 amide bonds. The molecule has 0 aromatic rings. The molecule has 0 unspecified atom stereocenters. The van der Waals surface area contributed by atoms with Crippen LogP contribution in [0.2, 0.25) is 12.1 Å². The highest BCUT2D eigenvalue weighted by atomic mass is 28.4. The highest BCUT2D eigenvalue weighted by molar-refractivity contribution is 6.67. The summed E-state index contributed by atoms with van der Waals surface area (Å²) in [6, 6.07) is 2.42. The van der Waals surface area contributed by atoms with Gasteiger partial charge in [-0.1, -0.05) is 162 Å². The third kappa shape index (κ3) is 22.6. The molecule has 3 heteroatoms. The lowest BCUT2D eigenvalue weighted by Crippen LogP contribution is -2.42. The van der Waals surface area contributed by atoms with Crippen molar-refractivity contribution in [3.05, 3.63) is 0 Å². The molecule has 0 saturated carbocycles. The minimum atomic E-state index is -1.98. The van der Waals surface area contributed by atoms with Crippen LogP contribution in [0.4, 0.5) is 0 Å². The summed E-state index contributed by atoms with van der Waals surface area (Å²) in [4.78, 5) is 0. The molecule has 0 saturated heterocycles. The smallest absolute Gasteiger partial charge is 0.338 e. The van der Waals surface area contributed by atoms with Gasteiger partial charge in [0, 0.05) is 13.2 Å². The van der Waals surface area contributed by atoms with Crippen LogP contribution in [0.5, 0.6) is 0 Å². The van der Waals surface area contributed by atoms with E-state index in [2.05, 4.69) is 27.7 Å². The van der Waals surface area contributed by atoms with E-state index in [1.54, 1.807) is 0 Å². The molecule has 2 nitrogen and oxygen atoms in total. The number of unbranched alkanes of at least 4 members (excludes halogenated alkanes) is 21. The molecule has 0 N–H and O–H groups in total. The second-order valence-electron chi connectivity index (χ2n) is 10.7. The van der Waals surface area contributed by atoms with Crippen molar-refractivity contribution in [3.8, 4) is 0 Å². The first-order chi connectivity index (χ1) is 16.7. The van der Waals surface area contributed by atoms with Gasteiger partial charge in [0.15, 0.2) is 0 Å². The van der Waals surface area contributed by atoms with Gasteiger partial charge in [0.25, 0.3) is 0 Å². The van der Waals surface area contributed by atoms with Crippen LogP contribution < -0.4 is 0 Å². The molecule has 0 bridgehead atoms. The fourth-order valence-corrected chi connectivity index (χ4v) is 8.82. The van der Waals surface area contributed by atoms with E-state index in [1.807, 2.05) is 0 Å². The van der Waals surface area contributed by atoms with Crippen molar-refractivity contribution in [2.75, 3.05) is 13.2 Å². The van der Waals surface area contributed by atoms with Gasteiger partial charge in [-0.25, -0.2) is 0 Å². The van der Waals surface area contributed by atoms with Gasteiger partial charge in [0.1, 0.15) is 0 Å². The lowest BCUT2D eigenvalue weighted by Gasteiger charge is -2.30. The summed E-state index contributed by atoms with van der Waals surface area (Å²) in [5.74, 6) is 0. The lowest BCUT2D eigenvalue weighted by molar-refractivity contribution is 0.180. The Morgan fingerprint density at radius 1 is 0.324 bits per heavy atom. The monoisotopic (exact) mass is 498 g/mol. The molecule has 206 valence electrons. The van der Waals surface area contributed by atoms with Crippen LogP contribution in [0, 0.1) is 0 Å². The van der Waals surface area contributed by atoms with Gasteiger partial charge in [-0.05, 0) is 25.9 Å². The molecule has 0 fully saturated rings. The molecule has 0 aliphatic rings. The third-order valence-electron chi connectivity index (χ3n) is 7.39. The predicted octanol–water partition coefficient (Wildman–Crippen LogP) is 11.5. The molecular formula is C31H66O2Si. The zero-order chi connectivity index (χ0) is 25.0. The highest BCUT2D eigenvalue weighted by Crippen LogP contribution is 2.26. The van der Waals surface area contributed by atoms with Gasteiger partial charge in [0.05, 0.1) is 0 Å². The molecule has 0 aliphatic heterocycles. The normalized spacial score (nSPS) is 12.0. The van der Waals surface area contributed by atoms with E-state index >= 15 is 0 Å². The fraction of sp³-hybridized carbons (Fsp3) is 1.00. The average Bonchev–Trinajstić information content (AvgIpc) is 2.83. The molecule has 0 aromatic carbocycles. The summed E-state index contributed by atoms with van der Waals surface area (Å²) in [7, 11) is -1.98. The SMILES string of the molecule is CCCCCCCCCCCCCCCCCC[Si](CCCCCCCCC)(OCC)OCC. The maximum atomic E-state index is 6.36. The van der Waals surface area contributed by atoms with E-state index in [0.717, 1.165) is 13.2 Å². The Morgan fingerprint density at radius 2 is 0.559 bits per heavy atom. The van der Waals surface area contributed by atoms with Crippen LogP contribution in [0.3, 0.4) is 0 Å². The molecule has 0 rings (SSSR count). The Kier molecular flexibility index (Phi) is 27.8. The van der Waals surface area contributed by atoms with Crippen LogP contribution in [-0.4, -0.2) is 21.8 Å². The van der Waals surface area contributed by atoms with Crippen molar-refractivity contribution >= 4 is 8.56 Å². The molecule has 0 atom stereocenters. The zero-order valence-corrected chi connectivity index (χ0v) is 25.4. The highest BCUT2D eigenvalue weighted by Gasteiger charge is 2.35. The van der Waals surface area contributed by atoms with E-state index in [1.165, 1.54) is 160 Å². The molecule has 0 aliphatic carbocycles. The summed E-state index contributed by atoms with van der Waals surface area (Å²) in [5, 5.41) is 0. The Hall–Kier alpha value is 0.137. The number of hydrogen-bond donors (Lipinski definition) is 0. The molecule has 0 aromatic heterocycles. The Morgan fingerprint density at radius 3 is 0.794 bits per heavy atom. The van der Waals surface area contributed by atoms with Crippen molar-refractivity contribution in [1.29, 1.82) is 0 Å². The first-order valence-electron chi connectivity index (χ1n) is 16.0. The Balaban J connectivity index is 3.74. The Labute approximate surface area is 218 Å². The van der Waals surface area contributed by atoms with E-state index in [9.17, 15) is 0 Å². The standard InChI is InChI=1S/C31H66O2Si/c1-5-9-11-13-15-16-17-18-19-20-21-22-23-25-27-29-31-34(32-7-3,33-8-4)30-28-26-24-14-12-10-6-2/h5-31H2,1-4H3. The van der Waals surface area contributed by atoms with Crippen molar-refractivity contribution in [1.82, 2.24) is 0 Å². The van der Waals surface area contributed by atoms with Gasteiger partial charge in [-0.2, -0.15) is 0 Å². The minimum absolute atomic E-state index is 0.821. The lowest BCUT2D eigenvalue weighted by atomic mass is 10.0.